The van der Waals surface area contributed by atoms with Crippen LogP contribution in [0, 0.1) is 30.6 Å². The van der Waals surface area contributed by atoms with Crippen molar-refractivity contribution in [3.8, 4) is 11.8 Å². The van der Waals surface area contributed by atoms with Gasteiger partial charge in [-0.05, 0) is 24.1 Å². The molecule has 0 radical (unpaired) electrons. The molecule has 0 bridgehead atoms. The number of hydrogen-bond acceptors (Lipinski definition) is 0. The number of hydrogen-bond donors (Lipinski definition) is 0. The van der Waals surface area contributed by atoms with Crippen LogP contribution in [-0.2, 0) is 0 Å². The van der Waals surface area contributed by atoms with Crippen LogP contribution in [0.15, 0.2) is 36.4 Å². The molecule has 0 nitrogen and oxygen atoms in total. The summed E-state index contributed by atoms with van der Waals surface area (Å²) < 4.78 is 13.1. The molecule has 0 fully saturated rings. The van der Waals surface area contributed by atoms with E-state index in [9.17, 15) is 4.39 Å². The molecule has 0 aliphatic carbocycles. The average molecular weight is 329 g/mol. The quantitative estimate of drug-likeness (QED) is 0.500. The predicted molar refractivity (Wildman–Crippen MR) is 67.4 cm³/mol. The third kappa shape index (κ3) is 4.29. The standard InChI is InChI=1S/C15H9ClF.Rb/c1-11-5-7-12(8-6-11)9-10-13-3-2-4-14(17)15(13)16;/h2-3,5-8H,1H3;/q-1;+1. The van der Waals surface area contributed by atoms with Gasteiger partial charge in [0.05, 0.1) is 0 Å². The first-order chi connectivity index (χ1) is 8.16. The SMILES string of the molecule is Cc1ccc(C#Cc2cc[c-]c(F)c2Cl)cc1.[Rb+]. The van der Waals surface area contributed by atoms with Crippen LogP contribution >= 0.6 is 11.6 Å². The van der Waals surface area contributed by atoms with Crippen molar-refractivity contribution in [2.45, 2.75) is 6.92 Å². The van der Waals surface area contributed by atoms with Gasteiger partial charge in [-0.25, -0.2) is 4.39 Å². The molecule has 0 unspecified atom stereocenters. The zero-order chi connectivity index (χ0) is 12.3. The van der Waals surface area contributed by atoms with Gasteiger partial charge in [-0.1, -0.05) is 35.1 Å². The van der Waals surface area contributed by atoms with Crippen LogP contribution in [-0.4, -0.2) is 0 Å². The average Bonchev–Trinajstić information content (AvgIpc) is 2.33. The molecule has 2 aromatic carbocycles. The van der Waals surface area contributed by atoms with Crippen LogP contribution in [0.4, 0.5) is 4.39 Å². The maximum atomic E-state index is 13.1. The molecule has 2 rings (SSSR count). The third-order valence-corrected chi connectivity index (χ3v) is 2.65. The summed E-state index contributed by atoms with van der Waals surface area (Å²) in [6.07, 6.45) is 0. The van der Waals surface area contributed by atoms with Crippen LogP contribution in [0.5, 0.6) is 0 Å². The molecule has 0 atom stereocenters. The van der Waals surface area contributed by atoms with E-state index < -0.39 is 5.82 Å². The second-order valence-corrected chi connectivity index (χ2v) is 4.01. The summed E-state index contributed by atoms with van der Waals surface area (Å²) in [7, 11) is 0. The van der Waals surface area contributed by atoms with E-state index in [1.165, 1.54) is 11.6 Å². The van der Waals surface area contributed by atoms with Crippen molar-refractivity contribution in [2.75, 3.05) is 0 Å². The van der Waals surface area contributed by atoms with E-state index in [1.807, 2.05) is 31.2 Å². The summed E-state index contributed by atoms with van der Waals surface area (Å²) in [5, 5.41) is 0.0205. The molecule has 0 heterocycles. The van der Waals surface area contributed by atoms with Gasteiger partial charge >= 0.3 is 58.2 Å². The van der Waals surface area contributed by atoms with Crippen LogP contribution in [0.25, 0.3) is 0 Å². The van der Waals surface area contributed by atoms with Crippen molar-refractivity contribution in [3.63, 3.8) is 0 Å². The Bertz CT molecular complexity index is 594. The first-order valence-corrected chi connectivity index (χ1v) is 5.49. The normalized spacial score (nSPS) is 9.06. The predicted octanol–water partition coefficient (Wildman–Crippen LogP) is 0.992. The Kier molecular flexibility index (Phi) is 6.77. The second-order valence-electron chi connectivity index (χ2n) is 3.64. The fraction of sp³-hybridized carbons (Fsp3) is 0.0667. The van der Waals surface area contributed by atoms with Gasteiger partial charge in [-0.15, -0.1) is 6.07 Å². The van der Waals surface area contributed by atoms with Crippen LogP contribution < -0.4 is 58.2 Å². The Morgan fingerprint density at radius 3 is 2.44 bits per heavy atom. The molecular formula is C15H9ClFRb. The van der Waals surface area contributed by atoms with E-state index in [0.29, 0.717) is 5.56 Å². The Morgan fingerprint density at radius 2 is 1.78 bits per heavy atom. The van der Waals surface area contributed by atoms with Crippen molar-refractivity contribution < 1.29 is 62.6 Å². The van der Waals surface area contributed by atoms with Crippen molar-refractivity contribution in [2.24, 2.45) is 0 Å². The topological polar surface area (TPSA) is 0 Å². The van der Waals surface area contributed by atoms with E-state index in [-0.39, 0.29) is 63.2 Å². The van der Waals surface area contributed by atoms with E-state index in [0.717, 1.165) is 5.56 Å². The smallest absolute Gasteiger partial charge is 0.235 e. The van der Waals surface area contributed by atoms with Crippen LogP contribution in [0.1, 0.15) is 16.7 Å². The summed E-state index contributed by atoms with van der Waals surface area (Å²) in [6, 6.07) is 13.3. The van der Waals surface area contributed by atoms with E-state index >= 15 is 0 Å². The zero-order valence-electron chi connectivity index (χ0n) is 10.2. The van der Waals surface area contributed by atoms with Crippen molar-refractivity contribution in [1.82, 2.24) is 0 Å². The molecule has 3 heteroatoms. The number of benzene rings is 2. The monoisotopic (exact) mass is 328 g/mol. The molecule has 0 spiro atoms. The van der Waals surface area contributed by atoms with Gasteiger partial charge in [0.1, 0.15) is 0 Å². The van der Waals surface area contributed by atoms with E-state index in [2.05, 4.69) is 17.9 Å². The Labute approximate surface area is 160 Å². The first-order valence-electron chi connectivity index (χ1n) is 5.11. The number of aryl methyl sites for hydroxylation is 1. The van der Waals surface area contributed by atoms with Crippen molar-refractivity contribution in [3.05, 3.63) is 70.0 Å². The maximum Gasteiger partial charge on any atom is 1.00 e. The minimum Gasteiger partial charge on any atom is -0.235 e. The first kappa shape index (κ1) is 16.1. The Balaban J connectivity index is 0.00000162. The summed E-state index contributed by atoms with van der Waals surface area (Å²) in [5.74, 6) is 5.22. The summed E-state index contributed by atoms with van der Waals surface area (Å²) in [4.78, 5) is 0. The Hall–Kier alpha value is 0.0252. The zero-order valence-corrected chi connectivity index (χ0v) is 15.9. The molecule has 0 aliphatic rings. The molecule has 2 aromatic rings. The molecule has 0 N–H and O–H groups in total. The second kappa shape index (κ2) is 7.57. The van der Waals surface area contributed by atoms with Gasteiger partial charge in [0.15, 0.2) is 0 Å². The summed E-state index contributed by atoms with van der Waals surface area (Å²) in [6.45, 7) is 2.01. The molecule has 0 amide bonds. The van der Waals surface area contributed by atoms with E-state index in [1.54, 1.807) is 6.07 Å². The maximum absolute atomic E-state index is 13.1. The molecule has 84 valence electrons. The van der Waals surface area contributed by atoms with E-state index in [4.69, 9.17) is 11.6 Å². The Morgan fingerprint density at radius 1 is 1.11 bits per heavy atom. The fourth-order valence-electron chi connectivity index (χ4n) is 1.33. The number of halogens is 2. The van der Waals surface area contributed by atoms with Gasteiger partial charge < -0.3 is 0 Å². The van der Waals surface area contributed by atoms with Crippen LogP contribution in [0.2, 0.25) is 5.02 Å². The minimum absolute atomic E-state index is 0. The molecule has 0 saturated heterocycles. The number of rotatable bonds is 0. The largest absolute Gasteiger partial charge is 1.00 e. The van der Waals surface area contributed by atoms with Gasteiger partial charge in [0.25, 0.3) is 0 Å². The summed E-state index contributed by atoms with van der Waals surface area (Å²) in [5.41, 5.74) is 2.53. The fourth-order valence-corrected chi connectivity index (χ4v) is 1.49. The van der Waals surface area contributed by atoms with Gasteiger partial charge in [-0.3, -0.25) is 0 Å². The van der Waals surface area contributed by atoms with Gasteiger partial charge in [0.2, 0.25) is 0 Å². The van der Waals surface area contributed by atoms with Gasteiger partial charge in [0, 0.05) is 11.4 Å². The molecule has 0 saturated carbocycles. The molecule has 18 heavy (non-hydrogen) atoms. The summed E-state index contributed by atoms with van der Waals surface area (Å²) >= 11 is 5.78. The van der Waals surface area contributed by atoms with Crippen molar-refractivity contribution >= 4 is 11.6 Å². The van der Waals surface area contributed by atoms with Crippen LogP contribution in [0.3, 0.4) is 0 Å². The molecular weight excluding hydrogens is 320 g/mol. The van der Waals surface area contributed by atoms with Crippen molar-refractivity contribution in [1.29, 1.82) is 0 Å². The molecule has 0 aliphatic heterocycles. The molecule has 0 aromatic heterocycles. The minimum atomic E-state index is -0.567. The third-order valence-electron chi connectivity index (χ3n) is 2.28. The van der Waals surface area contributed by atoms with Gasteiger partial charge in [-0.2, -0.15) is 23.7 Å².